The lowest BCUT2D eigenvalue weighted by atomic mass is 10.1. The summed E-state index contributed by atoms with van der Waals surface area (Å²) in [5.74, 6) is 0. The van der Waals surface area contributed by atoms with Gasteiger partial charge in [-0.2, -0.15) is 0 Å². The van der Waals surface area contributed by atoms with Crippen molar-refractivity contribution in [3.63, 3.8) is 0 Å². The van der Waals surface area contributed by atoms with Crippen molar-refractivity contribution in [2.45, 2.75) is 92.0 Å². The molecule has 0 saturated carbocycles. The number of anilines is 1. The standard InChI is InChI=1S/C10H15N.C8H9NO.C6H13N.C6H14/c1-4-9-5-7-10(8-6-9)11(2)3;1-2-7-4-3-5-8(6-7)9-10;1-6-4-3-5-7(6)2;1-3-5-6-4-2/h5-8H,4H2,1-3H3;3-6H,2H2,1H3;6H,3-5H2,1-2H3;3-6H2,1-2H3. The third kappa shape index (κ3) is 14.8. The lowest BCUT2D eigenvalue weighted by molar-refractivity contribution is 0.331. The van der Waals surface area contributed by atoms with Gasteiger partial charge in [0.1, 0.15) is 5.69 Å². The molecule has 4 nitrogen and oxygen atoms in total. The van der Waals surface area contributed by atoms with E-state index in [2.05, 4.69) is 88.1 Å². The zero-order valence-corrected chi connectivity index (χ0v) is 23.3. The van der Waals surface area contributed by atoms with E-state index in [9.17, 15) is 4.91 Å². The number of hydrogen-bond donors (Lipinski definition) is 0. The first-order valence-corrected chi connectivity index (χ1v) is 13.2. The highest BCUT2D eigenvalue weighted by molar-refractivity contribution is 5.45. The second-order valence-electron chi connectivity index (χ2n) is 9.21. The first-order chi connectivity index (χ1) is 16.3. The molecular weight excluding hydrogens is 418 g/mol. The summed E-state index contributed by atoms with van der Waals surface area (Å²) in [6.45, 7) is 12.3. The second kappa shape index (κ2) is 20.2. The zero-order chi connectivity index (χ0) is 25.8. The van der Waals surface area contributed by atoms with Gasteiger partial charge in [-0.3, -0.25) is 0 Å². The third-order valence-electron chi connectivity index (χ3n) is 6.13. The lowest BCUT2D eigenvalue weighted by Crippen LogP contribution is -2.20. The molecule has 2 aromatic rings. The van der Waals surface area contributed by atoms with E-state index in [0.717, 1.165) is 24.4 Å². The molecule has 1 fully saturated rings. The van der Waals surface area contributed by atoms with E-state index in [1.807, 2.05) is 19.1 Å². The summed E-state index contributed by atoms with van der Waals surface area (Å²) >= 11 is 0. The van der Waals surface area contributed by atoms with Gasteiger partial charge in [-0.25, -0.2) is 0 Å². The fourth-order valence-corrected chi connectivity index (χ4v) is 3.44. The Labute approximate surface area is 210 Å². The van der Waals surface area contributed by atoms with Crippen LogP contribution in [0.1, 0.15) is 84.3 Å². The maximum Gasteiger partial charge on any atom is 0.108 e. The number of likely N-dealkylation sites (tertiary alicyclic amines) is 1. The van der Waals surface area contributed by atoms with Gasteiger partial charge in [-0.05, 0) is 86.8 Å². The minimum atomic E-state index is 0.513. The molecule has 0 aromatic heterocycles. The van der Waals surface area contributed by atoms with E-state index in [1.165, 1.54) is 56.3 Å². The van der Waals surface area contributed by atoms with Crippen molar-refractivity contribution in [1.29, 1.82) is 0 Å². The van der Waals surface area contributed by atoms with E-state index in [-0.39, 0.29) is 0 Å². The lowest BCUT2D eigenvalue weighted by Gasteiger charge is -2.12. The van der Waals surface area contributed by atoms with Crippen LogP contribution in [0.5, 0.6) is 0 Å². The number of rotatable bonds is 7. The van der Waals surface area contributed by atoms with E-state index in [4.69, 9.17) is 0 Å². The average Bonchev–Trinajstić information content (AvgIpc) is 3.25. The van der Waals surface area contributed by atoms with Crippen molar-refractivity contribution in [2.24, 2.45) is 5.18 Å². The summed E-state index contributed by atoms with van der Waals surface area (Å²) in [6, 6.07) is 16.8. The largest absolute Gasteiger partial charge is 0.378 e. The van der Waals surface area contributed by atoms with E-state index in [1.54, 1.807) is 12.1 Å². The summed E-state index contributed by atoms with van der Waals surface area (Å²) in [5, 5.41) is 2.83. The van der Waals surface area contributed by atoms with Crippen molar-refractivity contribution < 1.29 is 0 Å². The Morgan fingerprint density at radius 3 is 1.85 bits per heavy atom. The highest BCUT2D eigenvalue weighted by Gasteiger charge is 2.14. The van der Waals surface area contributed by atoms with Gasteiger partial charge in [0.25, 0.3) is 0 Å². The highest BCUT2D eigenvalue weighted by atomic mass is 16.3. The van der Waals surface area contributed by atoms with Crippen LogP contribution in [-0.2, 0) is 12.8 Å². The Kier molecular flexibility index (Phi) is 18.9. The van der Waals surface area contributed by atoms with Crippen LogP contribution in [0.15, 0.2) is 53.7 Å². The number of unbranched alkanes of at least 4 members (excludes halogenated alkanes) is 3. The zero-order valence-electron chi connectivity index (χ0n) is 23.3. The summed E-state index contributed by atoms with van der Waals surface area (Å²) in [6.07, 6.45) is 10.4. The molecule has 34 heavy (non-hydrogen) atoms. The molecule has 1 atom stereocenters. The molecule has 0 N–H and O–H groups in total. The third-order valence-corrected chi connectivity index (χ3v) is 6.13. The fourth-order valence-electron chi connectivity index (χ4n) is 3.44. The topological polar surface area (TPSA) is 35.9 Å². The second-order valence-corrected chi connectivity index (χ2v) is 9.21. The minimum absolute atomic E-state index is 0.513. The molecule has 3 rings (SSSR count). The van der Waals surface area contributed by atoms with Gasteiger partial charge in [0, 0.05) is 25.8 Å². The van der Waals surface area contributed by atoms with Crippen molar-refractivity contribution >= 4 is 11.4 Å². The smallest absolute Gasteiger partial charge is 0.108 e. The number of hydrogen-bond acceptors (Lipinski definition) is 4. The normalized spacial score (nSPS) is 14.5. The molecule has 2 aromatic carbocycles. The summed E-state index contributed by atoms with van der Waals surface area (Å²) in [4.78, 5) is 14.5. The van der Waals surface area contributed by atoms with Crippen LogP contribution in [0.25, 0.3) is 0 Å². The van der Waals surface area contributed by atoms with E-state index >= 15 is 0 Å². The van der Waals surface area contributed by atoms with E-state index in [0.29, 0.717) is 5.69 Å². The van der Waals surface area contributed by atoms with E-state index < -0.39 is 0 Å². The molecule has 1 heterocycles. The van der Waals surface area contributed by atoms with Gasteiger partial charge in [0.2, 0.25) is 0 Å². The number of aryl methyl sites for hydroxylation is 2. The fraction of sp³-hybridized carbons (Fsp3) is 0.600. The molecule has 1 unspecified atom stereocenters. The molecule has 0 radical (unpaired) electrons. The predicted octanol–water partition coefficient (Wildman–Crippen LogP) is 8.65. The minimum Gasteiger partial charge on any atom is -0.378 e. The van der Waals surface area contributed by atoms with Crippen LogP contribution in [0.2, 0.25) is 0 Å². The van der Waals surface area contributed by atoms with Gasteiger partial charge in [-0.1, -0.05) is 77.6 Å². The molecule has 1 saturated heterocycles. The van der Waals surface area contributed by atoms with Crippen molar-refractivity contribution in [3.8, 4) is 0 Å². The van der Waals surface area contributed by atoms with Crippen LogP contribution < -0.4 is 4.90 Å². The maximum atomic E-state index is 10.0. The summed E-state index contributed by atoms with van der Waals surface area (Å²) < 4.78 is 0. The number of benzene rings is 2. The van der Waals surface area contributed by atoms with Gasteiger partial charge < -0.3 is 9.80 Å². The Hall–Kier alpha value is -2.20. The molecule has 1 aliphatic rings. The Morgan fingerprint density at radius 1 is 0.912 bits per heavy atom. The SMILES string of the molecule is CC1CCCN1C.CCCCCC.CCc1ccc(N(C)C)cc1.CCc1cccc(N=O)c1. The van der Waals surface area contributed by atoms with Crippen molar-refractivity contribution in [2.75, 3.05) is 32.6 Å². The van der Waals surface area contributed by atoms with Gasteiger partial charge in [0.15, 0.2) is 0 Å². The first kappa shape index (κ1) is 31.8. The molecule has 4 heteroatoms. The molecule has 0 amide bonds. The highest BCUT2D eigenvalue weighted by Crippen LogP contribution is 2.14. The van der Waals surface area contributed by atoms with Crippen LogP contribution >= 0.6 is 0 Å². The first-order valence-electron chi connectivity index (χ1n) is 13.2. The molecule has 192 valence electrons. The average molecular weight is 470 g/mol. The van der Waals surface area contributed by atoms with Gasteiger partial charge in [-0.15, -0.1) is 4.91 Å². The summed E-state index contributed by atoms with van der Waals surface area (Å²) in [7, 11) is 6.31. The van der Waals surface area contributed by atoms with Crippen molar-refractivity contribution in [1.82, 2.24) is 4.90 Å². The Morgan fingerprint density at radius 2 is 1.50 bits per heavy atom. The molecule has 0 spiro atoms. The monoisotopic (exact) mass is 469 g/mol. The van der Waals surface area contributed by atoms with Crippen LogP contribution in [0, 0.1) is 4.91 Å². The Balaban J connectivity index is 0.000000440. The molecular formula is C30H51N3O. The predicted molar refractivity (Wildman–Crippen MR) is 153 cm³/mol. The van der Waals surface area contributed by atoms with Crippen LogP contribution in [-0.4, -0.2) is 38.6 Å². The number of nitroso groups, excluding NO2 is 1. The maximum absolute atomic E-state index is 10.0. The molecule has 0 bridgehead atoms. The van der Waals surface area contributed by atoms with Crippen molar-refractivity contribution in [3.05, 3.63) is 64.6 Å². The summed E-state index contributed by atoms with van der Waals surface area (Å²) in [5.41, 5.74) is 4.33. The van der Waals surface area contributed by atoms with Gasteiger partial charge in [0.05, 0.1) is 0 Å². The van der Waals surface area contributed by atoms with Crippen LogP contribution in [0.4, 0.5) is 11.4 Å². The number of nitrogens with zero attached hydrogens (tertiary/aromatic N) is 3. The quantitative estimate of drug-likeness (QED) is 0.301. The molecule has 1 aliphatic heterocycles. The van der Waals surface area contributed by atoms with Crippen LogP contribution in [0.3, 0.4) is 0 Å². The Bertz CT molecular complexity index is 731. The molecule has 0 aliphatic carbocycles. The van der Waals surface area contributed by atoms with Gasteiger partial charge >= 0.3 is 0 Å².